The Labute approximate surface area is 86.8 Å². The molecule has 0 fully saturated rings. The maximum absolute atomic E-state index is 10.2. The third-order valence-electron chi connectivity index (χ3n) is 2.60. The summed E-state index contributed by atoms with van der Waals surface area (Å²) >= 11 is 0. The predicted molar refractivity (Wildman–Crippen MR) is 57.1 cm³/mol. The van der Waals surface area contributed by atoms with Crippen molar-refractivity contribution in [2.24, 2.45) is 0 Å². The SMILES string of the molecule is CCCCC(O)(CCCO)CCCO. The van der Waals surface area contributed by atoms with Gasteiger partial charge in [0.25, 0.3) is 0 Å². The molecule has 0 atom stereocenters. The highest BCUT2D eigenvalue weighted by molar-refractivity contribution is 4.78. The summed E-state index contributed by atoms with van der Waals surface area (Å²) in [5, 5.41) is 27.6. The van der Waals surface area contributed by atoms with Crippen LogP contribution in [0.4, 0.5) is 0 Å². The van der Waals surface area contributed by atoms with Gasteiger partial charge in [-0.2, -0.15) is 0 Å². The first-order chi connectivity index (χ1) is 6.68. The van der Waals surface area contributed by atoms with Crippen LogP contribution < -0.4 is 0 Å². The van der Waals surface area contributed by atoms with Crippen LogP contribution in [0.3, 0.4) is 0 Å². The van der Waals surface area contributed by atoms with Crippen LogP contribution in [-0.2, 0) is 0 Å². The van der Waals surface area contributed by atoms with Crippen LogP contribution in [-0.4, -0.2) is 34.1 Å². The van der Waals surface area contributed by atoms with Gasteiger partial charge in [-0.05, 0) is 32.1 Å². The monoisotopic (exact) mass is 204 g/mol. The second kappa shape index (κ2) is 8.21. The quantitative estimate of drug-likeness (QED) is 0.533. The Hall–Kier alpha value is -0.120. The summed E-state index contributed by atoms with van der Waals surface area (Å²) in [5.74, 6) is 0. The van der Waals surface area contributed by atoms with Gasteiger partial charge in [0.05, 0.1) is 5.60 Å². The van der Waals surface area contributed by atoms with E-state index < -0.39 is 5.60 Å². The highest BCUT2D eigenvalue weighted by Gasteiger charge is 2.24. The molecule has 0 aliphatic carbocycles. The smallest absolute Gasteiger partial charge is 0.0649 e. The van der Waals surface area contributed by atoms with Gasteiger partial charge in [0.2, 0.25) is 0 Å². The van der Waals surface area contributed by atoms with Gasteiger partial charge in [-0.15, -0.1) is 0 Å². The van der Waals surface area contributed by atoms with Gasteiger partial charge in [-0.25, -0.2) is 0 Å². The van der Waals surface area contributed by atoms with Gasteiger partial charge in [0.1, 0.15) is 0 Å². The fraction of sp³-hybridized carbons (Fsp3) is 1.00. The number of rotatable bonds is 9. The van der Waals surface area contributed by atoms with E-state index in [9.17, 15) is 5.11 Å². The average molecular weight is 204 g/mol. The Kier molecular flexibility index (Phi) is 8.14. The first-order valence-corrected chi connectivity index (χ1v) is 5.62. The van der Waals surface area contributed by atoms with E-state index in [0.717, 1.165) is 19.3 Å². The molecule has 0 aromatic rings. The summed E-state index contributed by atoms with van der Waals surface area (Å²) in [6.07, 6.45) is 5.43. The molecule has 3 N–H and O–H groups in total. The molecule has 0 unspecified atom stereocenters. The fourth-order valence-corrected chi connectivity index (χ4v) is 1.70. The van der Waals surface area contributed by atoms with E-state index in [2.05, 4.69) is 6.92 Å². The van der Waals surface area contributed by atoms with Gasteiger partial charge in [0.15, 0.2) is 0 Å². The van der Waals surface area contributed by atoms with Crippen LogP contribution in [0.2, 0.25) is 0 Å². The lowest BCUT2D eigenvalue weighted by Gasteiger charge is -2.27. The highest BCUT2D eigenvalue weighted by atomic mass is 16.3. The molecule has 3 heteroatoms. The lowest BCUT2D eigenvalue weighted by Crippen LogP contribution is -2.29. The second-order valence-corrected chi connectivity index (χ2v) is 3.98. The van der Waals surface area contributed by atoms with E-state index in [1.54, 1.807) is 0 Å². The minimum Gasteiger partial charge on any atom is -0.396 e. The van der Waals surface area contributed by atoms with Crippen LogP contribution >= 0.6 is 0 Å². The molecule has 3 nitrogen and oxygen atoms in total. The molecule has 0 saturated heterocycles. The molecule has 0 aromatic heterocycles. The second-order valence-electron chi connectivity index (χ2n) is 3.98. The summed E-state index contributed by atoms with van der Waals surface area (Å²) in [6, 6.07) is 0. The summed E-state index contributed by atoms with van der Waals surface area (Å²) in [7, 11) is 0. The fourth-order valence-electron chi connectivity index (χ4n) is 1.70. The number of unbranched alkanes of at least 4 members (excludes halogenated alkanes) is 1. The molecule has 86 valence electrons. The number of hydrogen-bond donors (Lipinski definition) is 3. The van der Waals surface area contributed by atoms with E-state index in [1.165, 1.54) is 0 Å². The molecule has 0 amide bonds. The lowest BCUT2D eigenvalue weighted by atomic mass is 9.87. The summed E-state index contributed by atoms with van der Waals surface area (Å²) in [5.41, 5.74) is -0.665. The predicted octanol–water partition coefficient (Wildman–Crippen LogP) is 1.45. The number of aliphatic hydroxyl groups is 3. The van der Waals surface area contributed by atoms with Crippen molar-refractivity contribution in [3.63, 3.8) is 0 Å². The van der Waals surface area contributed by atoms with Gasteiger partial charge in [-0.3, -0.25) is 0 Å². The Morgan fingerprint density at radius 1 is 0.857 bits per heavy atom. The average Bonchev–Trinajstić information content (AvgIpc) is 2.21. The summed E-state index contributed by atoms with van der Waals surface area (Å²) < 4.78 is 0. The van der Waals surface area contributed by atoms with Crippen molar-refractivity contribution in [2.75, 3.05) is 13.2 Å². The zero-order valence-corrected chi connectivity index (χ0v) is 9.21. The molecule has 0 spiro atoms. The van der Waals surface area contributed by atoms with Crippen molar-refractivity contribution >= 4 is 0 Å². The molecule has 0 aliphatic rings. The number of hydrogen-bond acceptors (Lipinski definition) is 3. The molecular weight excluding hydrogens is 180 g/mol. The van der Waals surface area contributed by atoms with E-state index >= 15 is 0 Å². The molecule has 0 aliphatic heterocycles. The molecule has 0 rings (SSSR count). The van der Waals surface area contributed by atoms with Crippen molar-refractivity contribution in [1.82, 2.24) is 0 Å². The topological polar surface area (TPSA) is 60.7 Å². The normalized spacial score (nSPS) is 12.0. The first kappa shape index (κ1) is 13.9. The van der Waals surface area contributed by atoms with Crippen molar-refractivity contribution < 1.29 is 15.3 Å². The third kappa shape index (κ3) is 6.35. The maximum atomic E-state index is 10.2. The molecule has 0 radical (unpaired) electrons. The lowest BCUT2D eigenvalue weighted by molar-refractivity contribution is 0.00133. The van der Waals surface area contributed by atoms with E-state index in [0.29, 0.717) is 25.7 Å². The van der Waals surface area contributed by atoms with Crippen LogP contribution in [0.5, 0.6) is 0 Å². The zero-order chi connectivity index (χ0) is 10.9. The third-order valence-corrected chi connectivity index (χ3v) is 2.60. The Morgan fingerprint density at radius 2 is 1.29 bits per heavy atom. The van der Waals surface area contributed by atoms with Crippen molar-refractivity contribution in [2.45, 2.75) is 57.5 Å². The largest absolute Gasteiger partial charge is 0.396 e. The Morgan fingerprint density at radius 3 is 1.64 bits per heavy atom. The molecule has 14 heavy (non-hydrogen) atoms. The van der Waals surface area contributed by atoms with E-state index in [1.807, 2.05) is 0 Å². The molecule has 0 aromatic carbocycles. The van der Waals surface area contributed by atoms with Crippen LogP contribution in [0.25, 0.3) is 0 Å². The standard InChI is InChI=1S/C11H24O3/c1-2-3-6-11(14,7-4-9-12)8-5-10-13/h12-14H,2-10H2,1H3. The minimum absolute atomic E-state index is 0.133. The summed E-state index contributed by atoms with van der Waals surface area (Å²) in [6.45, 7) is 2.36. The maximum Gasteiger partial charge on any atom is 0.0649 e. The van der Waals surface area contributed by atoms with Crippen molar-refractivity contribution in [3.05, 3.63) is 0 Å². The van der Waals surface area contributed by atoms with Gasteiger partial charge < -0.3 is 15.3 Å². The van der Waals surface area contributed by atoms with Crippen LogP contribution in [0, 0.1) is 0 Å². The van der Waals surface area contributed by atoms with Crippen molar-refractivity contribution in [1.29, 1.82) is 0 Å². The molecule has 0 bridgehead atoms. The van der Waals surface area contributed by atoms with Crippen LogP contribution in [0.15, 0.2) is 0 Å². The Bertz CT molecular complexity index is 104. The highest BCUT2D eigenvalue weighted by Crippen LogP contribution is 2.25. The van der Waals surface area contributed by atoms with Gasteiger partial charge in [0, 0.05) is 13.2 Å². The molecule has 0 heterocycles. The summed E-state index contributed by atoms with van der Waals surface area (Å²) in [4.78, 5) is 0. The van der Waals surface area contributed by atoms with E-state index in [4.69, 9.17) is 10.2 Å². The Balaban J connectivity index is 3.89. The zero-order valence-electron chi connectivity index (χ0n) is 9.21. The molecular formula is C11H24O3. The number of aliphatic hydroxyl groups excluding tert-OH is 2. The van der Waals surface area contributed by atoms with Crippen molar-refractivity contribution in [3.8, 4) is 0 Å². The van der Waals surface area contributed by atoms with Crippen LogP contribution in [0.1, 0.15) is 51.9 Å². The minimum atomic E-state index is -0.665. The molecule has 0 saturated carbocycles. The van der Waals surface area contributed by atoms with Gasteiger partial charge >= 0.3 is 0 Å². The van der Waals surface area contributed by atoms with E-state index in [-0.39, 0.29) is 13.2 Å². The van der Waals surface area contributed by atoms with Gasteiger partial charge in [-0.1, -0.05) is 19.8 Å². The first-order valence-electron chi connectivity index (χ1n) is 5.62.